The first-order chi connectivity index (χ1) is 21.9. The maximum atomic E-state index is 11.5. The third-order valence-corrected chi connectivity index (χ3v) is 7.32. The average molecular weight is 703 g/mol. The van der Waals surface area contributed by atoms with Crippen LogP contribution in [-0.4, -0.2) is 47.9 Å². The minimum absolute atomic E-state index is 0. The van der Waals surface area contributed by atoms with E-state index in [2.05, 4.69) is 23.3 Å². The zero-order chi connectivity index (χ0) is 35.0. The van der Waals surface area contributed by atoms with Gasteiger partial charge in [0, 0.05) is 24.8 Å². The summed E-state index contributed by atoms with van der Waals surface area (Å²) in [7, 11) is 0. The minimum atomic E-state index is -1.28. The zero-order valence-corrected chi connectivity index (χ0v) is 34.4. The molecular weight excluding hydrogens is 642 g/mol. The van der Waals surface area contributed by atoms with Crippen LogP contribution in [0, 0.1) is 0 Å². The van der Waals surface area contributed by atoms with Gasteiger partial charge in [0.05, 0.1) is 0 Å². The molecule has 0 radical (unpaired) electrons. The second kappa shape index (κ2) is 38.9. The third kappa shape index (κ3) is 39.6. The maximum absolute atomic E-state index is 11.5. The first kappa shape index (κ1) is 53.9. The van der Waals surface area contributed by atoms with Gasteiger partial charge in [0.2, 0.25) is 0 Å². The number of esters is 4. The van der Waals surface area contributed by atoms with Crippen molar-refractivity contribution in [2.75, 3.05) is 0 Å². The molecule has 0 saturated carbocycles. The summed E-state index contributed by atoms with van der Waals surface area (Å²) in [6, 6.07) is -2.19. The van der Waals surface area contributed by atoms with Crippen LogP contribution in [-0.2, 0) is 38.2 Å². The van der Waals surface area contributed by atoms with Crippen LogP contribution in [0.5, 0.6) is 0 Å². The van der Waals surface area contributed by atoms with Crippen molar-refractivity contribution in [2.24, 2.45) is 11.5 Å². The number of carbonyl (C=O) groups excluding carboxylic acids is 6. The van der Waals surface area contributed by atoms with Crippen LogP contribution >= 0.6 is 0 Å². The monoisotopic (exact) mass is 702 g/mol. The molecule has 0 aromatic carbocycles. The summed E-state index contributed by atoms with van der Waals surface area (Å²) in [5, 5.41) is 20.5. The van der Waals surface area contributed by atoms with Crippen LogP contribution in [0.4, 0.5) is 0 Å². The van der Waals surface area contributed by atoms with E-state index in [1.807, 2.05) is 0 Å². The van der Waals surface area contributed by atoms with E-state index in [0.29, 0.717) is 12.8 Å². The molecule has 0 saturated heterocycles. The van der Waals surface area contributed by atoms with Crippen LogP contribution < -0.4 is 80.8 Å². The molecule has 0 bridgehead atoms. The van der Waals surface area contributed by atoms with Gasteiger partial charge in [-0.15, -0.1) is 0 Å². The molecule has 0 rings (SSSR count). The summed E-state index contributed by atoms with van der Waals surface area (Å²) < 4.78 is 9.20. The second-order valence-electron chi connectivity index (χ2n) is 11.8. The smallest absolute Gasteiger partial charge is 0.550 e. The fraction of sp³-hybridized carbons (Fsp3) is 0.824. The molecule has 0 fully saturated rings. The van der Waals surface area contributed by atoms with Gasteiger partial charge in [-0.05, 0) is 38.5 Å². The van der Waals surface area contributed by atoms with Gasteiger partial charge in [-0.25, -0.2) is 9.59 Å². The fourth-order valence-electron chi connectivity index (χ4n) is 4.42. The number of hydrogen-bond donors (Lipinski definition) is 2. The second-order valence-corrected chi connectivity index (χ2v) is 11.8. The van der Waals surface area contributed by atoms with Crippen molar-refractivity contribution in [3.05, 3.63) is 0 Å². The third-order valence-electron chi connectivity index (χ3n) is 7.32. The van der Waals surface area contributed by atoms with E-state index < -0.39 is 47.9 Å². The molecule has 0 spiro atoms. The molecule has 2 unspecified atom stereocenters. The van der Waals surface area contributed by atoms with Crippen LogP contribution in [0.15, 0.2) is 0 Å². The van der Waals surface area contributed by atoms with E-state index in [-0.39, 0.29) is 97.6 Å². The molecule has 14 heteroatoms. The fourth-order valence-corrected chi connectivity index (χ4v) is 4.42. The summed E-state index contributed by atoms with van der Waals surface area (Å²) >= 11 is 0. The van der Waals surface area contributed by atoms with E-state index in [9.17, 15) is 39.0 Å². The Morgan fingerprint density at radius 1 is 0.458 bits per heavy atom. The van der Waals surface area contributed by atoms with E-state index >= 15 is 0 Å². The van der Waals surface area contributed by atoms with Crippen molar-refractivity contribution in [1.82, 2.24) is 0 Å². The summed E-state index contributed by atoms with van der Waals surface area (Å²) in [6.45, 7) is 4.39. The molecule has 48 heavy (non-hydrogen) atoms. The quantitative estimate of drug-likeness (QED) is 0.0380. The number of nitrogens with two attached hydrogens (primary N) is 2. The van der Waals surface area contributed by atoms with E-state index in [4.69, 9.17) is 11.5 Å². The summed E-state index contributed by atoms with van der Waals surface area (Å²) in [4.78, 5) is 66.4. The first-order valence-corrected chi connectivity index (χ1v) is 17.3. The zero-order valence-electron chi connectivity index (χ0n) is 30.4. The predicted octanol–water partition coefficient (Wildman–Crippen LogP) is -2.32. The van der Waals surface area contributed by atoms with Gasteiger partial charge in [0.1, 0.15) is 12.1 Å². The van der Waals surface area contributed by atoms with Gasteiger partial charge in [0.25, 0.3) is 0 Å². The number of carboxylic acids is 2. The summed E-state index contributed by atoms with van der Waals surface area (Å²) in [5.41, 5.74) is 10.9. The Hall–Kier alpha value is -0.860. The Bertz CT molecular complexity index is 794. The molecule has 4 N–H and O–H groups in total. The molecule has 0 amide bonds. The number of aliphatic carboxylic acids is 2. The molecule has 2 atom stereocenters. The molecule has 0 heterocycles. The molecule has 0 aliphatic rings. The Morgan fingerprint density at radius 3 is 0.958 bits per heavy atom. The Balaban J connectivity index is -0.000000387. The van der Waals surface area contributed by atoms with E-state index in [1.165, 1.54) is 77.0 Å². The number of ether oxygens (including phenoxy) is 2. The first-order valence-electron chi connectivity index (χ1n) is 17.3. The van der Waals surface area contributed by atoms with Gasteiger partial charge < -0.3 is 40.7 Å². The number of unbranched alkanes of at least 4 members (excludes halogenated alkanes) is 16. The molecule has 0 aromatic rings. The van der Waals surface area contributed by atoms with Crippen molar-refractivity contribution in [3.63, 3.8) is 0 Å². The summed E-state index contributed by atoms with van der Waals surface area (Å²) in [6.07, 6.45) is 20.0. The Kier molecular flexibility index (Phi) is 43.7. The SMILES string of the molecule is CCCCCCCCCCCC(=O)OC(=O)C(N)CCC(=O)[O-].CCCCCCCCCCCC(=O)OC(=O)C(N)CCC(=O)[O-].[Na+].[Na+]. The van der Waals surface area contributed by atoms with Gasteiger partial charge >= 0.3 is 83.0 Å². The van der Waals surface area contributed by atoms with Crippen LogP contribution in [0.2, 0.25) is 0 Å². The largest absolute Gasteiger partial charge is 1.00 e. The van der Waals surface area contributed by atoms with Gasteiger partial charge in [-0.3, -0.25) is 9.59 Å². The van der Waals surface area contributed by atoms with E-state index in [1.54, 1.807) is 0 Å². The van der Waals surface area contributed by atoms with Crippen molar-refractivity contribution in [1.29, 1.82) is 0 Å². The van der Waals surface area contributed by atoms with Crippen molar-refractivity contribution in [2.45, 2.75) is 180 Å². The predicted molar refractivity (Wildman–Crippen MR) is 170 cm³/mol. The molecule has 12 nitrogen and oxygen atoms in total. The number of carboxylic acid groups (broad SMARTS) is 2. The number of carbonyl (C=O) groups is 6. The molecular formula is C34H60N2Na2O10. The number of hydrogen-bond acceptors (Lipinski definition) is 12. The van der Waals surface area contributed by atoms with Crippen molar-refractivity contribution >= 4 is 35.8 Å². The van der Waals surface area contributed by atoms with Crippen LogP contribution in [0.3, 0.4) is 0 Å². The summed E-state index contributed by atoms with van der Waals surface area (Å²) in [5.74, 6) is -5.49. The van der Waals surface area contributed by atoms with E-state index in [0.717, 1.165) is 25.7 Å². The molecule has 0 aliphatic heterocycles. The maximum Gasteiger partial charge on any atom is 1.00 e. The van der Waals surface area contributed by atoms with Gasteiger partial charge in [-0.2, -0.15) is 0 Å². The van der Waals surface area contributed by atoms with Crippen molar-refractivity contribution < 1.29 is 108 Å². The van der Waals surface area contributed by atoms with Gasteiger partial charge in [0.15, 0.2) is 0 Å². The van der Waals surface area contributed by atoms with Crippen LogP contribution in [0.1, 0.15) is 168 Å². The molecule has 0 aromatic heterocycles. The van der Waals surface area contributed by atoms with Crippen LogP contribution in [0.25, 0.3) is 0 Å². The Morgan fingerprint density at radius 2 is 0.708 bits per heavy atom. The Labute approximate surface area is 332 Å². The average Bonchev–Trinajstić information content (AvgIpc) is 3.00. The number of rotatable bonds is 28. The topological polar surface area (TPSA) is 219 Å². The van der Waals surface area contributed by atoms with Gasteiger partial charge in [-0.1, -0.05) is 117 Å². The van der Waals surface area contributed by atoms with Crippen molar-refractivity contribution in [3.8, 4) is 0 Å². The normalized spacial score (nSPS) is 11.4. The molecule has 268 valence electrons. The standard InChI is InChI=1S/2C17H31NO5.2Na/c2*1-2-3-4-5-6-7-8-9-10-11-16(21)23-17(22)14(18)12-13-15(19)20;;/h2*14H,2-13,18H2,1H3,(H,19,20);;/q;;2*+1/p-2. The molecule has 0 aliphatic carbocycles. The minimum Gasteiger partial charge on any atom is -0.550 e.